The Morgan fingerprint density at radius 3 is 1.98 bits per heavy atom. The molecule has 4 aromatic carbocycles. The standard InChI is InChI=1S/C40H33N5O5S2/c1-50-44-32(35(46)42-33-36(47)45-34(38(48)49)27(24-51-37(33)45)23-22-26-14-6-2-7-15-26)31-25-52-39(41-31)43-40(28-16-8-3-9-17-28,29-18-10-4-11-19-29)30-20-12-5-13-21-30/h2-23,25,33,37H,24H2,1H3,(H,41,43)(H,42,46)(H,48,49)/b23-22+,44-32+/t33?,37-/m1/s1. The minimum absolute atomic E-state index is 0.0915. The molecule has 12 heteroatoms. The van der Waals surface area contributed by atoms with Crippen LogP contribution < -0.4 is 10.6 Å². The van der Waals surface area contributed by atoms with E-state index >= 15 is 0 Å². The number of nitrogens with one attached hydrogen (secondary N) is 2. The molecule has 5 aromatic rings. The monoisotopic (exact) mass is 727 g/mol. The third-order valence-electron chi connectivity index (χ3n) is 8.82. The van der Waals surface area contributed by atoms with Gasteiger partial charge in [0, 0.05) is 11.1 Å². The maximum atomic E-state index is 13.8. The number of oxime groups is 1. The summed E-state index contributed by atoms with van der Waals surface area (Å²) < 4.78 is 0. The molecule has 1 aromatic heterocycles. The third-order valence-corrected chi connectivity index (χ3v) is 10.9. The summed E-state index contributed by atoms with van der Waals surface area (Å²) in [5.74, 6) is -2.06. The van der Waals surface area contributed by atoms with Gasteiger partial charge in [-0.3, -0.25) is 14.5 Å². The van der Waals surface area contributed by atoms with Crippen LogP contribution in [0.3, 0.4) is 0 Å². The van der Waals surface area contributed by atoms with E-state index in [1.165, 1.54) is 35.1 Å². The quantitative estimate of drug-likeness (QED) is 0.0587. The van der Waals surface area contributed by atoms with Crippen molar-refractivity contribution in [3.63, 3.8) is 0 Å². The Bertz CT molecular complexity index is 2080. The summed E-state index contributed by atoms with van der Waals surface area (Å²) in [5.41, 5.74) is 3.56. The number of carbonyl (C=O) groups excluding carboxylic acids is 2. The summed E-state index contributed by atoms with van der Waals surface area (Å²) in [6.07, 6.45) is 3.54. The SMILES string of the molecule is CO/N=C(/C(=O)NC1C(=O)N2C(C(=O)O)=C(/C=C/c3ccccc3)CS[C@H]12)c1csc(NC(c2ccccc2)(c2ccccc2)c2ccccc2)n1. The average molecular weight is 728 g/mol. The Morgan fingerprint density at radius 2 is 1.44 bits per heavy atom. The lowest BCUT2D eigenvalue weighted by Crippen LogP contribution is -2.71. The number of hydrogen-bond acceptors (Lipinski definition) is 9. The Morgan fingerprint density at radius 1 is 0.885 bits per heavy atom. The van der Waals surface area contributed by atoms with E-state index in [-0.39, 0.29) is 17.1 Å². The number of amides is 2. The molecule has 3 N–H and O–H groups in total. The van der Waals surface area contributed by atoms with E-state index in [1.54, 1.807) is 11.5 Å². The molecule has 1 unspecified atom stereocenters. The third kappa shape index (κ3) is 6.61. The normalized spacial score (nSPS) is 17.4. The van der Waals surface area contributed by atoms with Crippen LogP contribution in [0.15, 0.2) is 149 Å². The van der Waals surface area contributed by atoms with Gasteiger partial charge in [-0.1, -0.05) is 139 Å². The number of rotatable bonds is 12. The number of anilines is 1. The highest BCUT2D eigenvalue weighted by Crippen LogP contribution is 2.42. The average Bonchev–Trinajstić information content (AvgIpc) is 3.66. The van der Waals surface area contributed by atoms with Crippen LogP contribution in [0.4, 0.5) is 5.13 Å². The van der Waals surface area contributed by atoms with Crippen molar-refractivity contribution in [1.82, 2.24) is 15.2 Å². The summed E-state index contributed by atoms with van der Waals surface area (Å²) >= 11 is 2.68. The van der Waals surface area contributed by atoms with Crippen LogP contribution in [0.2, 0.25) is 0 Å². The maximum Gasteiger partial charge on any atom is 0.352 e. The van der Waals surface area contributed by atoms with Crippen molar-refractivity contribution >= 4 is 57.8 Å². The number of thiazole rings is 1. The Balaban J connectivity index is 1.14. The molecule has 2 aliphatic heterocycles. The Labute approximate surface area is 308 Å². The number of benzene rings is 4. The fourth-order valence-electron chi connectivity index (χ4n) is 6.42. The van der Waals surface area contributed by atoms with Gasteiger partial charge in [0.15, 0.2) is 10.8 Å². The van der Waals surface area contributed by atoms with Gasteiger partial charge in [0.2, 0.25) is 0 Å². The zero-order chi connectivity index (χ0) is 36.1. The second kappa shape index (κ2) is 15.1. The predicted octanol–water partition coefficient (Wildman–Crippen LogP) is 6.35. The van der Waals surface area contributed by atoms with Crippen LogP contribution in [0.25, 0.3) is 6.08 Å². The Kier molecular flexibility index (Phi) is 10.0. The molecule has 0 spiro atoms. The van der Waals surface area contributed by atoms with Crippen molar-refractivity contribution in [3.8, 4) is 0 Å². The lowest BCUT2D eigenvalue weighted by Gasteiger charge is -2.49. The fourth-order valence-corrected chi connectivity index (χ4v) is 8.49. The number of aliphatic carboxylic acids is 1. The van der Waals surface area contributed by atoms with Gasteiger partial charge in [-0.25, -0.2) is 9.78 Å². The molecule has 260 valence electrons. The molecule has 3 heterocycles. The van der Waals surface area contributed by atoms with Crippen LogP contribution >= 0.6 is 23.1 Å². The van der Waals surface area contributed by atoms with E-state index in [0.717, 1.165) is 22.3 Å². The van der Waals surface area contributed by atoms with Crippen molar-refractivity contribution in [1.29, 1.82) is 0 Å². The highest BCUT2D eigenvalue weighted by Gasteiger charge is 2.54. The minimum atomic E-state index is -1.21. The zero-order valence-corrected chi connectivity index (χ0v) is 29.5. The molecule has 0 aliphatic carbocycles. The molecular formula is C40H33N5O5S2. The molecule has 1 fully saturated rings. The van der Waals surface area contributed by atoms with Crippen LogP contribution in [0, 0.1) is 0 Å². The fraction of sp³-hybridized carbons (Fsp3) is 0.125. The van der Waals surface area contributed by atoms with E-state index in [4.69, 9.17) is 9.82 Å². The van der Waals surface area contributed by atoms with Crippen molar-refractivity contribution in [3.05, 3.63) is 172 Å². The van der Waals surface area contributed by atoms with Crippen molar-refractivity contribution in [2.24, 2.45) is 5.16 Å². The number of carbonyl (C=O) groups is 3. The molecule has 0 radical (unpaired) electrons. The summed E-state index contributed by atoms with van der Waals surface area (Å²) in [4.78, 5) is 50.6. The van der Waals surface area contributed by atoms with Crippen LogP contribution in [-0.2, 0) is 24.8 Å². The number of allylic oxidation sites excluding steroid dienone is 1. The van der Waals surface area contributed by atoms with Gasteiger partial charge < -0.3 is 20.6 Å². The van der Waals surface area contributed by atoms with Crippen LogP contribution in [0.5, 0.6) is 0 Å². The van der Waals surface area contributed by atoms with Gasteiger partial charge in [-0.15, -0.1) is 23.1 Å². The number of carboxylic acids is 1. The Hall–Kier alpha value is -5.98. The first kappa shape index (κ1) is 34.5. The lowest BCUT2D eigenvalue weighted by molar-refractivity contribution is -0.150. The number of thioether (sulfide) groups is 1. The number of aromatic nitrogens is 1. The molecule has 2 atom stereocenters. The van der Waals surface area contributed by atoms with Gasteiger partial charge in [0.05, 0.1) is 0 Å². The predicted molar refractivity (Wildman–Crippen MR) is 204 cm³/mol. The second-order valence-electron chi connectivity index (χ2n) is 11.9. The second-order valence-corrected chi connectivity index (χ2v) is 13.9. The molecule has 2 aliphatic rings. The van der Waals surface area contributed by atoms with Gasteiger partial charge in [0.25, 0.3) is 11.8 Å². The summed E-state index contributed by atoms with van der Waals surface area (Å²) in [5, 5.41) is 22.2. The molecule has 0 bridgehead atoms. The molecule has 2 amide bonds. The van der Waals surface area contributed by atoms with E-state index < -0.39 is 34.7 Å². The van der Waals surface area contributed by atoms with E-state index in [1.807, 2.05) is 91.0 Å². The van der Waals surface area contributed by atoms with Crippen molar-refractivity contribution < 1.29 is 24.3 Å². The highest BCUT2D eigenvalue weighted by molar-refractivity contribution is 8.00. The number of fused-ring (bicyclic) bond motifs is 1. The number of carboxylic acid groups (broad SMARTS) is 1. The minimum Gasteiger partial charge on any atom is -0.477 e. The van der Waals surface area contributed by atoms with Gasteiger partial charge in [0.1, 0.15) is 35.5 Å². The molecule has 10 nitrogen and oxygen atoms in total. The molecule has 52 heavy (non-hydrogen) atoms. The van der Waals surface area contributed by atoms with Crippen LogP contribution in [0.1, 0.15) is 27.9 Å². The topological polar surface area (TPSA) is 133 Å². The molecular weight excluding hydrogens is 695 g/mol. The first-order valence-electron chi connectivity index (χ1n) is 16.4. The van der Waals surface area contributed by atoms with E-state index in [9.17, 15) is 19.5 Å². The molecule has 7 rings (SSSR count). The highest BCUT2D eigenvalue weighted by atomic mass is 32.2. The molecule has 0 saturated carbocycles. The van der Waals surface area contributed by atoms with E-state index in [2.05, 4.69) is 52.2 Å². The van der Waals surface area contributed by atoms with Crippen LogP contribution in [-0.4, -0.2) is 62.8 Å². The number of nitrogens with zero attached hydrogens (tertiary/aromatic N) is 3. The maximum absolute atomic E-state index is 13.8. The van der Waals surface area contributed by atoms with E-state index in [0.29, 0.717) is 16.5 Å². The largest absolute Gasteiger partial charge is 0.477 e. The summed E-state index contributed by atoms with van der Waals surface area (Å²) in [6, 6.07) is 38.7. The van der Waals surface area contributed by atoms with Gasteiger partial charge in [-0.05, 0) is 27.8 Å². The summed E-state index contributed by atoms with van der Waals surface area (Å²) in [7, 11) is 1.33. The van der Waals surface area contributed by atoms with Gasteiger partial charge >= 0.3 is 5.97 Å². The number of β-lactam (4-membered cyclic amide) rings is 1. The first-order valence-corrected chi connectivity index (χ1v) is 18.3. The lowest BCUT2D eigenvalue weighted by atomic mass is 9.77. The molecule has 1 saturated heterocycles. The smallest absolute Gasteiger partial charge is 0.352 e. The number of hydrogen-bond donors (Lipinski definition) is 3. The van der Waals surface area contributed by atoms with Gasteiger partial charge in [-0.2, -0.15) is 0 Å². The zero-order valence-electron chi connectivity index (χ0n) is 27.9. The first-order chi connectivity index (χ1) is 25.4. The summed E-state index contributed by atoms with van der Waals surface area (Å²) in [6.45, 7) is 0. The van der Waals surface area contributed by atoms with Crippen molar-refractivity contribution in [2.45, 2.75) is 17.0 Å². The van der Waals surface area contributed by atoms with Crippen molar-refractivity contribution in [2.75, 3.05) is 18.2 Å².